The van der Waals surface area contributed by atoms with Gasteiger partial charge in [-0.15, -0.1) is 11.3 Å². The quantitative estimate of drug-likeness (QED) is 0.206. The lowest BCUT2D eigenvalue weighted by Gasteiger charge is -2.14. The Balaban J connectivity index is 1.63. The van der Waals surface area contributed by atoms with Gasteiger partial charge in [-0.1, -0.05) is 88.6 Å². The van der Waals surface area contributed by atoms with Crippen molar-refractivity contribution >= 4 is 45.2 Å². The molecule has 0 bridgehead atoms. The fourth-order valence-electron chi connectivity index (χ4n) is 3.49. The third kappa shape index (κ3) is 10.5. The molecule has 1 atom stereocenters. The summed E-state index contributed by atoms with van der Waals surface area (Å²) in [5.74, 6) is -1.22. The standard InChI is InChI=1S/C24H36N2O3S2/c1-2-3-4-5-6-7-8-9-10-13-16-25-23(29)19(17-22(27)28)18-30-24-26-20-14-11-12-15-21(20)31-24/h11-12,14-15,19H,2-10,13,16-18H2,1H3,(H,25,29)(H,27,28). The van der Waals surface area contributed by atoms with Crippen LogP contribution in [0.5, 0.6) is 0 Å². The summed E-state index contributed by atoms with van der Waals surface area (Å²) in [4.78, 5) is 28.3. The van der Waals surface area contributed by atoms with Crippen molar-refractivity contribution < 1.29 is 14.7 Å². The van der Waals surface area contributed by atoms with Gasteiger partial charge in [0.05, 0.1) is 22.6 Å². The lowest BCUT2D eigenvalue weighted by Crippen LogP contribution is -2.34. The molecule has 7 heteroatoms. The monoisotopic (exact) mass is 464 g/mol. The van der Waals surface area contributed by atoms with E-state index in [9.17, 15) is 14.7 Å². The summed E-state index contributed by atoms with van der Waals surface area (Å²) >= 11 is 3.05. The molecule has 1 aromatic heterocycles. The predicted octanol–water partition coefficient (Wildman–Crippen LogP) is 6.52. The Bertz CT molecular complexity index is 761. The second kappa shape index (κ2) is 15.2. The lowest BCUT2D eigenvalue weighted by molar-refractivity contribution is -0.140. The molecule has 0 fully saturated rings. The zero-order valence-electron chi connectivity index (χ0n) is 18.6. The van der Waals surface area contributed by atoms with E-state index in [1.807, 2.05) is 24.3 Å². The summed E-state index contributed by atoms with van der Waals surface area (Å²) in [6.45, 7) is 2.86. The SMILES string of the molecule is CCCCCCCCCCCCNC(=O)C(CSc1nc2ccccc2s1)CC(=O)O. The number of rotatable bonds is 17. The summed E-state index contributed by atoms with van der Waals surface area (Å²) in [6, 6.07) is 7.91. The highest BCUT2D eigenvalue weighted by molar-refractivity contribution is 8.01. The van der Waals surface area contributed by atoms with Gasteiger partial charge in [-0.2, -0.15) is 0 Å². The first-order chi connectivity index (χ1) is 15.1. The molecule has 2 N–H and O–H groups in total. The van der Waals surface area contributed by atoms with E-state index in [4.69, 9.17) is 0 Å². The number of thioether (sulfide) groups is 1. The molecule has 2 aromatic rings. The number of carboxylic acids is 1. The third-order valence-electron chi connectivity index (χ3n) is 5.30. The number of carboxylic acid groups (broad SMARTS) is 1. The molecular formula is C24H36N2O3S2. The van der Waals surface area contributed by atoms with Crippen molar-refractivity contribution in [1.29, 1.82) is 0 Å². The van der Waals surface area contributed by atoms with E-state index in [1.54, 1.807) is 11.3 Å². The van der Waals surface area contributed by atoms with Crippen LogP contribution in [0.25, 0.3) is 10.2 Å². The molecule has 2 rings (SSSR count). The highest BCUT2D eigenvalue weighted by atomic mass is 32.2. The van der Waals surface area contributed by atoms with Crippen LogP contribution in [-0.2, 0) is 9.59 Å². The van der Waals surface area contributed by atoms with Gasteiger partial charge >= 0.3 is 5.97 Å². The minimum atomic E-state index is -0.941. The smallest absolute Gasteiger partial charge is 0.304 e. The normalized spacial score (nSPS) is 12.2. The highest BCUT2D eigenvalue weighted by Crippen LogP contribution is 2.31. The second-order valence-corrected chi connectivity index (χ2v) is 10.3. The van der Waals surface area contributed by atoms with Crippen LogP contribution in [0.1, 0.15) is 77.6 Å². The molecule has 1 heterocycles. The Kier molecular flexibility index (Phi) is 12.6. The largest absolute Gasteiger partial charge is 0.481 e. The zero-order chi connectivity index (χ0) is 22.3. The highest BCUT2D eigenvalue weighted by Gasteiger charge is 2.22. The van der Waals surface area contributed by atoms with Crippen molar-refractivity contribution in [1.82, 2.24) is 10.3 Å². The second-order valence-electron chi connectivity index (χ2n) is 8.03. The van der Waals surface area contributed by atoms with E-state index >= 15 is 0 Å². The summed E-state index contributed by atoms with van der Waals surface area (Å²) in [5, 5.41) is 12.1. The van der Waals surface area contributed by atoms with Gasteiger partial charge in [0, 0.05) is 12.3 Å². The Morgan fingerprint density at radius 2 is 1.68 bits per heavy atom. The topological polar surface area (TPSA) is 79.3 Å². The Morgan fingerprint density at radius 3 is 2.32 bits per heavy atom. The van der Waals surface area contributed by atoms with Gasteiger partial charge in [0.2, 0.25) is 5.91 Å². The Hall–Kier alpha value is -1.60. The van der Waals surface area contributed by atoms with Crippen LogP contribution in [0, 0.1) is 5.92 Å². The molecule has 0 aliphatic heterocycles. The van der Waals surface area contributed by atoms with E-state index < -0.39 is 11.9 Å². The van der Waals surface area contributed by atoms with Gasteiger partial charge < -0.3 is 10.4 Å². The predicted molar refractivity (Wildman–Crippen MR) is 131 cm³/mol. The van der Waals surface area contributed by atoms with Crippen molar-refractivity contribution in [2.75, 3.05) is 12.3 Å². The molecule has 1 aromatic carbocycles. The van der Waals surface area contributed by atoms with Crippen LogP contribution in [-0.4, -0.2) is 34.3 Å². The van der Waals surface area contributed by atoms with Crippen molar-refractivity contribution in [3.8, 4) is 0 Å². The fourth-order valence-corrected chi connectivity index (χ4v) is 5.67. The Labute approximate surface area is 194 Å². The molecular weight excluding hydrogens is 428 g/mol. The number of carbonyl (C=O) groups is 2. The van der Waals surface area contributed by atoms with E-state index in [-0.39, 0.29) is 12.3 Å². The Morgan fingerprint density at radius 1 is 1.03 bits per heavy atom. The minimum absolute atomic E-state index is 0.151. The summed E-state index contributed by atoms with van der Waals surface area (Å²) in [7, 11) is 0. The van der Waals surface area contributed by atoms with E-state index in [0.717, 1.165) is 27.4 Å². The molecule has 5 nitrogen and oxygen atoms in total. The molecule has 0 radical (unpaired) electrons. The number of unbranched alkanes of at least 4 members (excludes halogenated alkanes) is 9. The summed E-state index contributed by atoms with van der Waals surface area (Å²) in [6.07, 6.45) is 12.4. The van der Waals surface area contributed by atoms with Crippen LogP contribution < -0.4 is 5.32 Å². The number of hydrogen-bond donors (Lipinski definition) is 2. The number of benzene rings is 1. The zero-order valence-corrected chi connectivity index (χ0v) is 20.2. The maximum atomic E-state index is 12.5. The van der Waals surface area contributed by atoms with Crippen LogP contribution in [0.2, 0.25) is 0 Å². The number of para-hydroxylation sites is 1. The third-order valence-corrected chi connectivity index (χ3v) is 7.65. The number of nitrogens with zero attached hydrogens (tertiary/aromatic N) is 1. The maximum Gasteiger partial charge on any atom is 0.304 e. The van der Waals surface area contributed by atoms with Crippen LogP contribution >= 0.6 is 23.1 Å². The van der Waals surface area contributed by atoms with E-state index in [2.05, 4.69) is 17.2 Å². The molecule has 0 aliphatic rings. The molecule has 0 aliphatic carbocycles. The van der Waals surface area contributed by atoms with Gasteiger partial charge in [0.1, 0.15) is 0 Å². The number of hydrogen-bond acceptors (Lipinski definition) is 5. The summed E-state index contributed by atoms with van der Waals surface area (Å²) < 4.78 is 1.98. The number of aromatic nitrogens is 1. The maximum absolute atomic E-state index is 12.5. The lowest BCUT2D eigenvalue weighted by atomic mass is 10.1. The number of aliphatic carboxylic acids is 1. The van der Waals surface area contributed by atoms with Gasteiger partial charge in [-0.3, -0.25) is 9.59 Å². The van der Waals surface area contributed by atoms with Gasteiger partial charge in [-0.05, 0) is 18.6 Å². The molecule has 1 amide bonds. The molecule has 172 valence electrons. The van der Waals surface area contributed by atoms with E-state index in [1.165, 1.54) is 63.1 Å². The van der Waals surface area contributed by atoms with Crippen molar-refractivity contribution in [2.24, 2.45) is 5.92 Å². The molecule has 0 saturated carbocycles. The first-order valence-electron chi connectivity index (χ1n) is 11.6. The van der Waals surface area contributed by atoms with Crippen molar-refractivity contribution in [3.05, 3.63) is 24.3 Å². The van der Waals surface area contributed by atoms with Crippen molar-refractivity contribution in [3.63, 3.8) is 0 Å². The number of fused-ring (bicyclic) bond motifs is 1. The molecule has 0 saturated heterocycles. The first-order valence-corrected chi connectivity index (χ1v) is 13.4. The average Bonchev–Trinajstić information content (AvgIpc) is 3.17. The van der Waals surface area contributed by atoms with Gasteiger partial charge in [0.25, 0.3) is 0 Å². The molecule has 0 spiro atoms. The number of carbonyl (C=O) groups excluding carboxylic acids is 1. The minimum Gasteiger partial charge on any atom is -0.481 e. The number of thiazole rings is 1. The van der Waals surface area contributed by atoms with E-state index in [0.29, 0.717) is 12.3 Å². The molecule has 31 heavy (non-hydrogen) atoms. The molecule has 1 unspecified atom stereocenters. The summed E-state index contributed by atoms with van der Waals surface area (Å²) in [5.41, 5.74) is 0.940. The van der Waals surface area contributed by atoms with Crippen molar-refractivity contribution in [2.45, 2.75) is 81.9 Å². The van der Waals surface area contributed by atoms with Crippen LogP contribution in [0.4, 0.5) is 0 Å². The van der Waals surface area contributed by atoms with Crippen LogP contribution in [0.3, 0.4) is 0 Å². The van der Waals surface area contributed by atoms with Crippen LogP contribution in [0.15, 0.2) is 28.6 Å². The first kappa shape index (κ1) is 25.7. The van der Waals surface area contributed by atoms with Gasteiger partial charge in [0.15, 0.2) is 4.34 Å². The number of amides is 1. The van der Waals surface area contributed by atoms with Gasteiger partial charge in [-0.25, -0.2) is 4.98 Å². The fraction of sp³-hybridized carbons (Fsp3) is 0.625. The average molecular weight is 465 g/mol. The number of nitrogens with one attached hydrogen (secondary N) is 1.